The summed E-state index contributed by atoms with van der Waals surface area (Å²) in [4.78, 5) is 12.9. The maximum absolute atomic E-state index is 12.9. The van der Waals surface area contributed by atoms with E-state index in [4.69, 9.17) is 18.9 Å². The van der Waals surface area contributed by atoms with E-state index in [1.54, 1.807) is 28.4 Å². The lowest BCUT2D eigenvalue weighted by molar-refractivity contribution is -0.111. The molecule has 146 valence electrons. The Balaban J connectivity index is 1.94. The lowest BCUT2D eigenvalue weighted by Gasteiger charge is -2.08. The van der Waals surface area contributed by atoms with Crippen LogP contribution in [0.1, 0.15) is 24.0 Å². The smallest absolute Gasteiger partial charge is 0.185 e. The van der Waals surface area contributed by atoms with E-state index >= 15 is 0 Å². The van der Waals surface area contributed by atoms with Crippen LogP contribution in [-0.2, 0) is 4.79 Å². The Bertz CT molecular complexity index is 865. The normalized spacial score (nSPS) is 16.5. The van der Waals surface area contributed by atoms with Gasteiger partial charge in [-0.15, -0.1) is 0 Å². The molecule has 0 heterocycles. The van der Waals surface area contributed by atoms with E-state index in [1.165, 1.54) is 0 Å². The van der Waals surface area contributed by atoms with Crippen LogP contribution in [-0.4, -0.2) is 34.2 Å². The van der Waals surface area contributed by atoms with Crippen LogP contribution in [0.3, 0.4) is 0 Å². The third-order valence-electron chi connectivity index (χ3n) is 4.78. The Kier molecular flexibility index (Phi) is 6.04. The quantitative estimate of drug-likeness (QED) is 0.688. The Labute approximate surface area is 165 Å². The molecule has 1 saturated carbocycles. The van der Waals surface area contributed by atoms with Crippen molar-refractivity contribution in [2.24, 2.45) is 0 Å². The Morgan fingerprint density at radius 3 is 1.46 bits per heavy atom. The third kappa shape index (κ3) is 4.03. The number of ketones is 1. The molecule has 1 aliphatic carbocycles. The molecule has 1 fully saturated rings. The van der Waals surface area contributed by atoms with Gasteiger partial charge in [0.25, 0.3) is 0 Å². The lowest BCUT2D eigenvalue weighted by atomic mass is 10.1. The molecule has 1 aliphatic rings. The molecule has 0 aromatic heterocycles. The minimum absolute atomic E-state index is 0.0368. The number of rotatable bonds is 6. The second kappa shape index (κ2) is 8.65. The van der Waals surface area contributed by atoms with E-state index < -0.39 is 0 Å². The fourth-order valence-electron chi connectivity index (χ4n) is 3.26. The van der Waals surface area contributed by atoms with Gasteiger partial charge in [0.1, 0.15) is 23.0 Å². The zero-order chi connectivity index (χ0) is 20.1. The number of benzene rings is 2. The molecule has 5 heteroatoms. The fraction of sp³-hybridized carbons (Fsp3) is 0.261. The molecular formula is C23H24O5. The number of allylic oxidation sites excluding steroid dienone is 2. The topological polar surface area (TPSA) is 54.0 Å². The Morgan fingerprint density at radius 1 is 0.679 bits per heavy atom. The molecule has 0 aliphatic heterocycles. The van der Waals surface area contributed by atoms with Crippen molar-refractivity contribution in [3.8, 4) is 23.0 Å². The molecule has 0 radical (unpaired) electrons. The van der Waals surface area contributed by atoms with Crippen molar-refractivity contribution in [3.63, 3.8) is 0 Å². The van der Waals surface area contributed by atoms with Crippen molar-refractivity contribution in [1.29, 1.82) is 0 Å². The van der Waals surface area contributed by atoms with Crippen molar-refractivity contribution in [2.75, 3.05) is 28.4 Å². The van der Waals surface area contributed by atoms with Gasteiger partial charge >= 0.3 is 0 Å². The van der Waals surface area contributed by atoms with Gasteiger partial charge in [0, 0.05) is 22.3 Å². The average molecular weight is 380 g/mol. The van der Waals surface area contributed by atoms with Crippen LogP contribution in [0, 0.1) is 0 Å². The zero-order valence-electron chi connectivity index (χ0n) is 16.6. The van der Waals surface area contributed by atoms with E-state index in [2.05, 4.69) is 0 Å². The van der Waals surface area contributed by atoms with Crippen LogP contribution in [0.4, 0.5) is 0 Å². The summed E-state index contributed by atoms with van der Waals surface area (Å²) in [6.07, 6.45) is 5.12. The summed E-state index contributed by atoms with van der Waals surface area (Å²) >= 11 is 0. The molecule has 0 bridgehead atoms. The van der Waals surface area contributed by atoms with Gasteiger partial charge in [-0.05, 0) is 61.4 Å². The molecule has 2 aromatic rings. The number of Topliss-reactive ketones (excluding diaryl/α,β-unsaturated/α-hetero) is 1. The van der Waals surface area contributed by atoms with Crippen molar-refractivity contribution < 1.29 is 23.7 Å². The van der Waals surface area contributed by atoms with Crippen molar-refractivity contribution in [3.05, 3.63) is 58.7 Å². The van der Waals surface area contributed by atoms with Gasteiger partial charge in [0.15, 0.2) is 5.78 Å². The number of carbonyl (C=O) groups excluding carboxylic acids is 1. The van der Waals surface area contributed by atoms with Gasteiger partial charge in [-0.25, -0.2) is 0 Å². The number of methoxy groups -OCH3 is 4. The maximum Gasteiger partial charge on any atom is 0.185 e. The molecular weight excluding hydrogens is 356 g/mol. The standard InChI is InChI=1S/C23H24O5/c1-25-19-7-9-21(27-3)17(13-19)11-15-5-6-16(23(15)24)12-18-14-20(26-2)8-10-22(18)28-4/h7-14H,5-6H2,1-4H3/b15-11-,16-12-. The van der Waals surface area contributed by atoms with Gasteiger partial charge in [-0.1, -0.05) is 0 Å². The highest BCUT2D eigenvalue weighted by Gasteiger charge is 2.24. The number of hydrogen-bond acceptors (Lipinski definition) is 5. The van der Waals surface area contributed by atoms with Crippen molar-refractivity contribution >= 4 is 17.9 Å². The predicted octanol–water partition coefficient (Wildman–Crippen LogP) is 4.55. The van der Waals surface area contributed by atoms with E-state index in [-0.39, 0.29) is 5.78 Å². The molecule has 0 unspecified atom stereocenters. The first-order valence-corrected chi connectivity index (χ1v) is 8.99. The SMILES string of the molecule is COc1ccc(OC)c(/C=C2/CC/C(=C/c3cc(OC)ccc3OC)C2=O)c1. The van der Waals surface area contributed by atoms with Gasteiger partial charge in [-0.2, -0.15) is 0 Å². The molecule has 5 nitrogen and oxygen atoms in total. The molecule has 3 rings (SSSR count). The van der Waals surface area contributed by atoms with Crippen LogP contribution in [0.25, 0.3) is 12.2 Å². The average Bonchev–Trinajstić information content (AvgIpc) is 3.07. The zero-order valence-corrected chi connectivity index (χ0v) is 16.6. The molecule has 0 saturated heterocycles. The van der Waals surface area contributed by atoms with Crippen LogP contribution in [0.2, 0.25) is 0 Å². The first-order valence-electron chi connectivity index (χ1n) is 8.99. The molecule has 2 aromatic carbocycles. The van der Waals surface area contributed by atoms with Gasteiger partial charge in [-0.3, -0.25) is 4.79 Å². The van der Waals surface area contributed by atoms with Crippen molar-refractivity contribution in [2.45, 2.75) is 12.8 Å². The number of hydrogen-bond donors (Lipinski definition) is 0. The van der Waals surface area contributed by atoms with Gasteiger partial charge in [0.2, 0.25) is 0 Å². The predicted molar refractivity (Wildman–Crippen MR) is 109 cm³/mol. The van der Waals surface area contributed by atoms with E-state index in [0.29, 0.717) is 24.3 Å². The summed E-state index contributed by atoms with van der Waals surface area (Å²) in [6, 6.07) is 11.1. The monoisotopic (exact) mass is 380 g/mol. The highest BCUT2D eigenvalue weighted by molar-refractivity contribution is 6.15. The minimum Gasteiger partial charge on any atom is -0.497 e. The first-order chi connectivity index (χ1) is 13.6. The summed E-state index contributed by atoms with van der Waals surface area (Å²) in [7, 11) is 6.45. The summed E-state index contributed by atoms with van der Waals surface area (Å²) in [5.41, 5.74) is 3.15. The molecule has 0 spiro atoms. The van der Waals surface area contributed by atoms with E-state index in [1.807, 2.05) is 48.6 Å². The molecule has 28 heavy (non-hydrogen) atoms. The second-order valence-corrected chi connectivity index (χ2v) is 6.38. The maximum atomic E-state index is 12.9. The first kappa shape index (κ1) is 19.5. The van der Waals surface area contributed by atoms with Gasteiger partial charge in [0.05, 0.1) is 28.4 Å². The summed E-state index contributed by atoms with van der Waals surface area (Å²) in [6.45, 7) is 0. The van der Waals surface area contributed by atoms with Crippen molar-refractivity contribution in [1.82, 2.24) is 0 Å². The highest BCUT2D eigenvalue weighted by atomic mass is 16.5. The summed E-state index contributed by atoms with van der Waals surface area (Å²) in [5, 5.41) is 0. The summed E-state index contributed by atoms with van der Waals surface area (Å²) < 4.78 is 21.4. The lowest BCUT2D eigenvalue weighted by Crippen LogP contribution is -1.97. The van der Waals surface area contributed by atoms with E-state index in [9.17, 15) is 4.79 Å². The van der Waals surface area contributed by atoms with Crippen LogP contribution >= 0.6 is 0 Å². The minimum atomic E-state index is 0.0368. The van der Waals surface area contributed by atoms with Crippen LogP contribution in [0.15, 0.2) is 47.5 Å². The fourth-order valence-corrected chi connectivity index (χ4v) is 3.26. The number of carbonyl (C=O) groups is 1. The Hall–Kier alpha value is -3.21. The number of ether oxygens (including phenoxy) is 4. The molecule has 0 atom stereocenters. The highest BCUT2D eigenvalue weighted by Crippen LogP contribution is 2.34. The Morgan fingerprint density at radius 2 is 1.11 bits per heavy atom. The van der Waals surface area contributed by atoms with Crippen LogP contribution < -0.4 is 18.9 Å². The third-order valence-corrected chi connectivity index (χ3v) is 4.78. The molecule has 0 N–H and O–H groups in total. The van der Waals surface area contributed by atoms with Gasteiger partial charge < -0.3 is 18.9 Å². The largest absolute Gasteiger partial charge is 0.497 e. The second-order valence-electron chi connectivity index (χ2n) is 6.38. The summed E-state index contributed by atoms with van der Waals surface area (Å²) in [5.74, 6) is 2.88. The van der Waals surface area contributed by atoms with Crippen LogP contribution in [0.5, 0.6) is 23.0 Å². The van der Waals surface area contributed by atoms with E-state index in [0.717, 1.165) is 33.8 Å². The molecule has 0 amide bonds.